The molecule has 262 valence electrons. The van der Waals surface area contributed by atoms with Crippen LogP contribution in [0.2, 0.25) is 0 Å². The smallest absolute Gasteiger partial charge is 0.393 e. The zero-order chi connectivity index (χ0) is 33.3. The fraction of sp³-hybridized carbons (Fsp3) is 1.00. The van der Waals surface area contributed by atoms with Crippen molar-refractivity contribution in [1.82, 2.24) is 0 Å². The lowest BCUT2D eigenvalue weighted by Gasteiger charge is -2.66. The molecule has 1 aliphatic heterocycles. The maximum Gasteiger partial charge on any atom is 0.397 e. The van der Waals surface area contributed by atoms with Gasteiger partial charge in [0, 0.05) is 12.3 Å². The molecule has 0 amide bonds. The molecular formula is C32H56O12S. The van der Waals surface area contributed by atoms with E-state index in [4.69, 9.17) is 14.0 Å². The first-order valence-corrected chi connectivity index (χ1v) is 18.2. The van der Waals surface area contributed by atoms with Gasteiger partial charge in [-0.15, -0.1) is 0 Å². The topological polar surface area (TPSA) is 203 Å². The van der Waals surface area contributed by atoms with E-state index in [1.54, 1.807) is 0 Å². The van der Waals surface area contributed by atoms with Crippen LogP contribution in [0.15, 0.2) is 0 Å². The van der Waals surface area contributed by atoms with E-state index < -0.39 is 65.0 Å². The molecule has 13 heteroatoms. The van der Waals surface area contributed by atoms with Crippen LogP contribution in [0.25, 0.3) is 0 Å². The minimum Gasteiger partial charge on any atom is -0.393 e. The van der Waals surface area contributed by atoms with Gasteiger partial charge in [0.05, 0.1) is 36.6 Å². The Bertz CT molecular complexity index is 1150. The molecule has 0 aromatic carbocycles. The number of hydrogen-bond donors (Lipinski definition) is 7. The molecule has 5 fully saturated rings. The molecule has 16 atom stereocenters. The highest BCUT2D eigenvalue weighted by Crippen LogP contribution is 2.69. The lowest BCUT2D eigenvalue weighted by molar-refractivity contribution is -0.283. The highest BCUT2D eigenvalue weighted by Gasteiger charge is 2.70. The van der Waals surface area contributed by atoms with E-state index in [0.717, 1.165) is 25.7 Å². The fourth-order valence-corrected chi connectivity index (χ4v) is 11.4. The Hall–Kier alpha value is -0.450. The van der Waals surface area contributed by atoms with Crippen LogP contribution in [0.4, 0.5) is 0 Å². The molecule has 5 aliphatic rings. The summed E-state index contributed by atoms with van der Waals surface area (Å²) in [6.07, 6.45) is -2.60. The molecular weight excluding hydrogens is 608 g/mol. The van der Waals surface area contributed by atoms with Crippen molar-refractivity contribution in [3.8, 4) is 0 Å². The number of rotatable bonds is 9. The van der Waals surface area contributed by atoms with Crippen molar-refractivity contribution in [2.75, 3.05) is 6.61 Å². The van der Waals surface area contributed by atoms with Crippen LogP contribution in [-0.4, -0.2) is 105 Å². The summed E-state index contributed by atoms with van der Waals surface area (Å²) in [5.41, 5.74) is -1.84. The molecule has 1 saturated heterocycles. The molecule has 0 spiro atoms. The minimum absolute atomic E-state index is 0.000809. The Morgan fingerprint density at radius 2 is 1.58 bits per heavy atom. The van der Waals surface area contributed by atoms with Crippen molar-refractivity contribution in [2.24, 2.45) is 46.3 Å². The van der Waals surface area contributed by atoms with Crippen molar-refractivity contribution < 1.29 is 57.3 Å². The molecule has 12 nitrogen and oxygen atoms in total. The maximum atomic E-state index is 12.5. The van der Waals surface area contributed by atoms with Gasteiger partial charge in [-0.2, -0.15) is 8.42 Å². The Morgan fingerprint density at radius 1 is 0.911 bits per heavy atom. The van der Waals surface area contributed by atoms with Crippen molar-refractivity contribution >= 4 is 10.4 Å². The van der Waals surface area contributed by atoms with Gasteiger partial charge in [0.15, 0.2) is 6.29 Å². The van der Waals surface area contributed by atoms with Crippen molar-refractivity contribution in [3.63, 3.8) is 0 Å². The third kappa shape index (κ3) is 6.50. The fourth-order valence-electron chi connectivity index (χ4n) is 10.9. The molecule has 0 bridgehead atoms. The van der Waals surface area contributed by atoms with Crippen LogP contribution in [-0.2, 0) is 24.1 Å². The summed E-state index contributed by atoms with van der Waals surface area (Å²) in [5, 5.41) is 66.6. The molecule has 7 N–H and O–H groups in total. The summed E-state index contributed by atoms with van der Waals surface area (Å²) < 4.78 is 47.7. The van der Waals surface area contributed by atoms with Gasteiger partial charge in [0.2, 0.25) is 0 Å². The molecule has 0 aromatic heterocycles. The third-order valence-corrected chi connectivity index (χ3v) is 13.5. The van der Waals surface area contributed by atoms with Crippen LogP contribution in [0.3, 0.4) is 0 Å². The highest BCUT2D eigenvalue weighted by atomic mass is 32.3. The van der Waals surface area contributed by atoms with E-state index in [1.807, 2.05) is 13.8 Å². The summed E-state index contributed by atoms with van der Waals surface area (Å²) in [7, 11) is -4.93. The van der Waals surface area contributed by atoms with Crippen LogP contribution in [0, 0.1) is 46.3 Å². The lowest BCUT2D eigenvalue weighted by Crippen LogP contribution is -2.68. The summed E-state index contributed by atoms with van der Waals surface area (Å²) in [6, 6.07) is 0. The third-order valence-electron chi connectivity index (χ3n) is 13.0. The van der Waals surface area contributed by atoms with Gasteiger partial charge < -0.3 is 40.1 Å². The quantitative estimate of drug-likeness (QED) is 0.176. The van der Waals surface area contributed by atoms with E-state index in [1.165, 1.54) is 0 Å². The molecule has 1 heterocycles. The van der Waals surface area contributed by atoms with Gasteiger partial charge in [0.1, 0.15) is 18.3 Å². The summed E-state index contributed by atoms with van der Waals surface area (Å²) in [6.45, 7) is 10.1. The van der Waals surface area contributed by atoms with Crippen LogP contribution >= 0.6 is 0 Å². The van der Waals surface area contributed by atoms with E-state index >= 15 is 0 Å². The number of fused-ring (bicyclic) bond motifs is 5. The normalized spacial score (nSPS) is 50.0. The van der Waals surface area contributed by atoms with Crippen LogP contribution < -0.4 is 0 Å². The van der Waals surface area contributed by atoms with Crippen molar-refractivity contribution in [1.29, 1.82) is 0 Å². The number of aliphatic hydroxyl groups is 6. The first-order valence-electron chi connectivity index (χ1n) is 16.9. The van der Waals surface area contributed by atoms with Gasteiger partial charge in [0.25, 0.3) is 0 Å². The van der Waals surface area contributed by atoms with Gasteiger partial charge >= 0.3 is 10.4 Å². The van der Waals surface area contributed by atoms with Gasteiger partial charge in [-0.25, -0.2) is 4.18 Å². The zero-order valence-electron chi connectivity index (χ0n) is 27.2. The predicted octanol–water partition coefficient (Wildman–Crippen LogP) is 1.79. The second-order valence-electron chi connectivity index (χ2n) is 16.0. The highest BCUT2D eigenvalue weighted by molar-refractivity contribution is 7.80. The summed E-state index contributed by atoms with van der Waals surface area (Å²) in [4.78, 5) is 0. The number of aliphatic hydroxyl groups excluding tert-OH is 5. The average molecular weight is 665 g/mol. The Balaban J connectivity index is 1.27. The molecule has 0 radical (unpaired) electrons. The Labute approximate surface area is 267 Å². The van der Waals surface area contributed by atoms with Crippen molar-refractivity contribution in [3.05, 3.63) is 0 Å². The molecule has 4 saturated carbocycles. The molecule has 4 aliphatic carbocycles. The number of ether oxygens (including phenoxy) is 2. The minimum atomic E-state index is -4.93. The standard InChI is InChI=1S/C32H56O12S/c1-16(2)24(43-29-26(37)27(23(36)15-42-29)44-45(39,40)41)7-6-17(3)19-13-21(34)28-31(19,5)11-9-25-30(4)10-8-18(33)12-20(30)22(35)14-32(25,28)38/h16-29,33-38H,6-15H2,1-5H3,(H,39,40,41)/t17-,18+,19-,20?,21+,22+,23-,24+,25?,26-,27+,28?,29+,30+,31-,32+/m1/s1. The first-order chi connectivity index (χ1) is 20.8. The lowest BCUT2D eigenvalue weighted by atomic mass is 9.42. The molecule has 3 unspecified atom stereocenters. The molecule has 0 aromatic rings. The van der Waals surface area contributed by atoms with Crippen LogP contribution in [0.5, 0.6) is 0 Å². The largest absolute Gasteiger partial charge is 0.397 e. The van der Waals surface area contributed by atoms with E-state index in [0.29, 0.717) is 25.7 Å². The number of hydrogen-bond acceptors (Lipinski definition) is 11. The molecule has 45 heavy (non-hydrogen) atoms. The van der Waals surface area contributed by atoms with Crippen molar-refractivity contribution in [2.45, 2.75) is 147 Å². The summed E-state index contributed by atoms with van der Waals surface area (Å²) in [5.74, 6) is -0.228. The van der Waals surface area contributed by atoms with Gasteiger partial charge in [-0.05, 0) is 91.8 Å². The zero-order valence-corrected chi connectivity index (χ0v) is 28.1. The van der Waals surface area contributed by atoms with E-state index in [-0.39, 0.29) is 59.4 Å². The summed E-state index contributed by atoms with van der Waals surface area (Å²) >= 11 is 0. The first kappa shape index (κ1) is 35.8. The predicted molar refractivity (Wildman–Crippen MR) is 162 cm³/mol. The Kier molecular flexibility index (Phi) is 10.2. The second kappa shape index (κ2) is 12.8. The van der Waals surface area contributed by atoms with Crippen LogP contribution in [0.1, 0.15) is 92.4 Å². The Morgan fingerprint density at radius 3 is 2.22 bits per heavy atom. The average Bonchev–Trinajstić information content (AvgIpc) is 3.21. The molecule has 5 rings (SSSR count). The van der Waals surface area contributed by atoms with E-state index in [9.17, 15) is 39.1 Å². The van der Waals surface area contributed by atoms with Gasteiger partial charge in [-0.1, -0.05) is 34.6 Å². The maximum absolute atomic E-state index is 12.5. The van der Waals surface area contributed by atoms with E-state index in [2.05, 4.69) is 25.0 Å². The monoisotopic (exact) mass is 664 g/mol. The second-order valence-corrected chi connectivity index (χ2v) is 17.1. The van der Waals surface area contributed by atoms with Gasteiger partial charge in [-0.3, -0.25) is 4.55 Å². The SMILES string of the molecule is CC(C)[C@H](CC[C@@H](C)[C@H]1C[C@H](O)C2[C@]3(O)C[C@H](O)C4C[C@@H](O)CC[C@]4(C)C3CC[C@@]21C)O[C@@H]1OC[C@@H](O)[C@H](OS(=O)(=O)O)[C@H]1O.